The van der Waals surface area contributed by atoms with Gasteiger partial charge in [-0.05, 0) is 45.4 Å². The van der Waals surface area contributed by atoms with Crippen molar-refractivity contribution in [3.8, 4) is 0 Å². The summed E-state index contributed by atoms with van der Waals surface area (Å²) in [6, 6.07) is 0.746. The fraction of sp³-hybridized carbons (Fsp3) is 1.00. The van der Waals surface area contributed by atoms with Crippen molar-refractivity contribution in [1.82, 2.24) is 4.90 Å². The van der Waals surface area contributed by atoms with Crippen molar-refractivity contribution in [3.05, 3.63) is 0 Å². The van der Waals surface area contributed by atoms with E-state index in [1.54, 1.807) is 0 Å². The van der Waals surface area contributed by atoms with Gasteiger partial charge in [-0.2, -0.15) is 0 Å². The zero-order valence-corrected chi connectivity index (χ0v) is 12.7. The second-order valence-electron chi connectivity index (χ2n) is 6.73. The molecule has 1 unspecified atom stereocenters. The lowest BCUT2D eigenvalue weighted by Crippen LogP contribution is -2.40. The van der Waals surface area contributed by atoms with E-state index < -0.39 is 0 Å². The number of ether oxygens (including phenoxy) is 1. The van der Waals surface area contributed by atoms with Crippen molar-refractivity contribution in [1.29, 1.82) is 0 Å². The van der Waals surface area contributed by atoms with E-state index in [1.165, 1.54) is 51.5 Å². The first-order valence-corrected chi connectivity index (χ1v) is 8.19. The zero-order valence-electron chi connectivity index (χ0n) is 12.7. The second-order valence-corrected chi connectivity index (χ2v) is 6.73. The lowest BCUT2D eigenvalue weighted by atomic mass is 9.89. The number of hydrogen-bond donors (Lipinski definition) is 1. The van der Waals surface area contributed by atoms with Crippen molar-refractivity contribution in [2.24, 2.45) is 5.92 Å². The van der Waals surface area contributed by atoms with Crippen LogP contribution in [0.2, 0.25) is 0 Å². The first kappa shape index (κ1) is 15.3. The van der Waals surface area contributed by atoms with Gasteiger partial charge >= 0.3 is 0 Å². The molecule has 3 nitrogen and oxygen atoms in total. The molecule has 0 aromatic carbocycles. The van der Waals surface area contributed by atoms with E-state index in [2.05, 4.69) is 4.90 Å². The van der Waals surface area contributed by atoms with E-state index in [9.17, 15) is 5.11 Å². The van der Waals surface area contributed by atoms with E-state index in [0.717, 1.165) is 18.5 Å². The molecule has 0 amide bonds. The zero-order chi connectivity index (χ0) is 13.7. The van der Waals surface area contributed by atoms with Crippen LogP contribution in [0, 0.1) is 5.92 Å². The van der Waals surface area contributed by atoms with Gasteiger partial charge in [-0.25, -0.2) is 0 Å². The molecule has 2 aliphatic carbocycles. The van der Waals surface area contributed by atoms with Crippen LogP contribution in [0.5, 0.6) is 0 Å². The van der Waals surface area contributed by atoms with E-state index in [4.69, 9.17) is 4.74 Å². The van der Waals surface area contributed by atoms with Crippen molar-refractivity contribution in [2.45, 2.75) is 77.0 Å². The Morgan fingerprint density at radius 3 is 2.37 bits per heavy atom. The molecular weight excluding hydrogens is 238 g/mol. The van der Waals surface area contributed by atoms with Crippen molar-refractivity contribution >= 4 is 0 Å². The molecule has 0 spiro atoms. The van der Waals surface area contributed by atoms with Gasteiger partial charge in [0.15, 0.2) is 0 Å². The smallest absolute Gasteiger partial charge is 0.0900 e. The van der Waals surface area contributed by atoms with Crippen LogP contribution < -0.4 is 0 Å². The van der Waals surface area contributed by atoms with E-state index in [1.807, 2.05) is 13.8 Å². The van der Waals surface area contributed by atoms with Crippen LogP contribution in [0.3, 0.4) is 0 Å². The highest BCUT2D eigenvalue weighted by Crippen LogP contribution is 2.31. The quantitative estimate of drug-likeness (QED) is 0.735. The Bertz CT molecular complexity index is 247. The third-order valence-corrected chi connectivity index (χ3v) is 4.35. The molecule has 2 saturated carbocycles. The van der Waals surface area contributed by atoms with Crippen LogP contribution >= 0.6 is 0 Å². The molecule has 1 atom stereocenters. The monoisotopic (exact) mass is 269 g/mol. The summed E-state index contributed by atoms with van der Waals surface area (Å²) in [6.45, 7) is 6.52. The number of aliphatic hydroxyl groups excluding tert-OH is 1. The summed E-state index contributed by atoms with van der Waals surface area (Å²) in [7, 11) is 0. The minimum Gasteiger partial charge on any atom is -0.389 e. The third-order valence-electron chi connectivity index (χ3n) is 4.35. The summed E-state index contributed by atoms with van der Waals surface area (Å²) in [6.07, 6.45) is 9.54. The molecule has 0 aromatic rings. The second kappa shape index (κ2) is 7.61. The van der Waals surface area contributed by atoms with Crippen LogP contribution in [-0.4, -0.2) is 48.0 Å². The molecule has 2 aliphatic rings. The molecule has 1 N–H and O–H groups in total. The highest BCUT2D eigenvalue weighted by atomic mass is 16.5. The van der Waals surface area contributed by atoms with Gasteiger partial charge in [0.05, 0.1) is 18.8 Å². The van der Waals surface area contributed by atoms with Gasteiger partial charge in [0, 0.05) is 19.1 Å². The van der Waals surface area contributed by atoms with Crippen molar-refractivity contribution in [3.63, 3.8) is 0 Å². The Hall–Kier alpha value is -0.120. The van der Waals surface area contributed by atoms with E-state index in [-0.39, 0.29) is 12.2 Å². The molecule has 112 valence electrons. The van der Waals surface area contributed by atoms with Gasteiger partial charge in [-0.15, -0.1) is 0 Å². The fourth-order valence-corrected chi connectivity index (χ4v) is 3.14. The largest absolute Gasteiger partial charge is 0.389 e. The Morgan fingerprint density at radius 1 is 1.11 bits per heavy atom. The Balaban J connectivity index is 1.72. The topological polar surface area (TPSA) is 32.7 Å². The minimum absolute atomic E-state index is 0.211. The van der Waals surface area contributed by atoms with Gasteiger partial charge in [-0.3, -0.25) is 4.90 Å². The predicted molar refractivity (Wildman–Crippen MR) is 78.3 cm³/mol. The molecule has 0 heterocycles. The number of aliphatic hydroxyl groups is 1. The molecule has 0 bridgehead atoms. The van der Waals surface area contributed by atoms with Gasteiger partial charge in [0.2, 0.25) is 0 Å². The number of hydrogen-bond acceptors (Lipinski definition) is 3. The van der Waals surface area contributed by atoms with E-state index >= 15 is 0 Å². The average molecular weight is 269 g/mol. The molecule has 0 aromatic heterocycles. The maximum Gasteiger partial charge on any atom is 0.0900 e. The summed E-state index contributed by atoms with van der Waals surface area (Å²) in [5.74, 6) is 0.868. The predicted octanol–water partition coefficient (Wildman–Crippen LogP) is 2.82. The fourth-order valence-electron chi connectivity index (χ4n) is 3.14. The summed E-state index contributed by atoms with van der Waals surface area (Å²) in [5, 5.41) is 10.1. The van der Waals surface area contributed by atoms with Gasteiger partial charge in [-0.1, -0.05) is 19.3 Å². The van der Waals surface area contributed by atoms with E-state index in [0.29, 0.717) is 6.61 Å². The molecular formula is C16H31NO2. The molecule has 2 rings (SSSR count). The molecule has 0 radical (unpaired) electrons. The summed E-state index contributed by atoms with van der Waals surface area (Å²) in [4.78, 5) is 2.53. The number of nitrogens with zero attached hydrogens (tertiary/aromatic N) is 1. The molecule has 0 aliphatic heterocycles. The Labute approximate surface area is 118 Å². The van der Waals surface area contributed by atoms with Crippen LogP contribution in [0.4, 0.5) is 0 Å². The molecule has 3 heteroatoms. The summed E-state index contributed by atoms with van der Waals surface area (Å²) < 4.78 is 5.52. The molecule has 19 heavy (non-hydrogen) atoms. The highest BCUT2D eigenvalue weighted by Gasteiger charge is 2.32. The summed E-state index contributed by atoms with van der Waals surface area (Å²) >= 11 is 0. The normalized spacial score (nSPS) is 23.2. The number of rotatable bonds is 8. The standard InChI is InChI=1S/C16H31NO2/c1-13(2)19-12-16(18)11-17(15-8-9-15)10-14-6-4-3-5-7-14/h13-16,18H,3-12H2,1-2H3. The van der Waals surface area contributed by atoms with Crippen molar-refractivity contribution in [2.75, 3.05) is 19.7 Å². The van der Waals surface area contributed by atoms with Crippen molar-refractivity contribution < 1.29 is 9.84 Å². The van der Waals surface area contributed by atoms with Crippen LogP contribution in [0.1, 0.15) is 58.8 Å². The summed E-state index contributed by atoms with van der Waals surface area (Å²) in [5.41, 5.74) is 0. The van der Waals surface area contributed by atoms with Crippen LogP contribution in [0.15, 0.2) is 0 Å². The first-order chi connectivity index (χ1) is 9.15. The highest BCUT2D eigenvalue weighted by molar-refractivity contribution is 4.87. The Morgan fingerprint density at radius 2 is 1.79 bits per heavy atom. The maximum atomic E-state index is 10.1. The maximum absolute atomic E-state index is 10.1. The molecule has 2 fully saturated rings. The molecule has 0 saturated heterocycles. The lowest BCUT2D eigenvalue weighted by molar-refractivity contribution is -0.0121. The average Bonchev–Trinajstić information content (AvgIpc) is 3.21. The van der Waals surface area contributed by atoms with Gasteiger partial charge in [0.1, 0.15) is 0 Å². The first-order valence-electron chi connectivity index (χ1n) is 8.19. The Kier molecular flexibility index (Phi) is 6.11. The van der Waals surface area contributed by atoms with Gasteiger partial charge in [0.25, 0.3) is 0 Å². The SMILES string of the molecule is CC(C)OCC(O)CN(CC1CCCCC1)C1CC1. The van der Waals surface area contributed by atoms with Crippen LogP contribution in [-0.2, 0) is 4.74 Å². The third kappa shape index (κ3) is 5.80. The minimum atomic E-state index is -0.327. The van der Waals surface area contributed by atoms with Gasteiger partial charge < -0.3 is 9.84 Å². The van der Waals surface area contributed by atoms with Crippen LogP contribution in [0.25, 0.3) is 0 Å². The lowest BCUT2D eigenvalue weighted by Gasteiger charge is -2.31.